The molecule has 0 bridgehead atoms. The van der Waals surface area contributed by atoms with E-state index in [1.807, 2.05) is 6.07 Å². The lowest BCUT2D eigenvalue weighted by molar-refractivity contribution is 0.260. The van der Waals surface area contributed by atoms with Crippen LogP contribution in [0.2, 0.25) is 0 Å². The van der Waals surface area contributed by atoms with Gasteiger partial charge >= 0.3 is 0 Å². The summed E-state index contributed by atoms with van der Waals surface area (Å²) in [6, 6.07) is 5.89. The third-order valence-electron chi connectivity index (χ3n) is 5.93. The van der Waals surface area contributed by atoms with Crippen molar-refractivity contribution in [2.24, 2.45) is 4.99 Å². The highest BCUT2D eigenvalue weighted by Crippen LogP contribution is 2.26. The van der Waals surface area contributed by atoms with E-state index in [0.29, 0.717) is 19.0 Å². The number of benzene rings is 1. The molecule has 8 nitrogen and oxygen atoms in total. The van der Waals surface area contributed by atoms with Gasteiger partial charge in [-0.25, -0.2) is 18.7 Å². The van der Waals surface area contributed by atoms with Crippen molar-refractivity contribution in [1.29, 1.82) is 0 Å². The Balaban J connectivity index is 1.18. The Morgan fingerprint density at radius 2 is 1.75 bits per heavy atom. The van der Waals surface area contributed by atoms with Crippen molar-refractivity contribution < 1.29 is 8.78 Å². The summed E-state index contributed by atoms with van der Waals surface area (Å²) in [6.45, 7) is 6.52. The quantitative estimate of drug-likeness (QED) is 0.514. The van der Waals surface area contributed by atoms with Gasteiger partial charge < -0.3 is 20.4 Å². The number of guanidine groups is 1. The minimum absolute atomic E-state index is 0.0554. The van der Waals surface area contributed by atoms with Crippen LogP contribution in [0.15, 0.2) is 41.7 Å². The van der Waals surface area contributed by atoms with Crippen molar-refractivity contribution in [3.8, 4) is 0 Å². The molecule has 2 saturated heterocycles. The fraction of sp³-hybridized carbons (Fsp3) is 0.500. The molecular weight excluding hydrogens is 414 g/mol. The third kappa shape index (κ3) is 5.42. The van der Waals surface area contributed by atoms with Crippen molar-refractivity contribution in [3.63, 3.8) is 0 Å². The van der Waals surface area contributed by atoms with Gasteiger partial charge in [0.15, 0.2) is 5.96 Å². The number of nitrogens with zero attached hydrogens (tertiary/aromatic N) is 6. The smallest absolute Gasteiger partial charge is 0.225 e. The summed E-state index contributed by atoms with van der Waals surface area (Å²) in [5, 5.41) is 6.74. The maximum atomic E-state index is 14.1. The zero-order valence-electron chi connectivity index (χ0n) is 18.3. The maximum Gasteiger partial charge on any atom is 0.225 e. The Morgan fingerprint density at radius 1 is 1.03 bits per heavy atom. The molecule has 3 heterocycles. The summed E-state index contributed by atoms with van der Waals surface area (Å²) in [5.41, 5.74) is 0.0554. The maximum absolute atomic E-state index is 14.1. The van der Waals surface area contributed by atoms with Gasteiger partial charge in [-0.3, -0.25) is 9.89 Å². The molecule has 0 radical (unpaired) electrons. The number of hydrogen-bond acceptors (Lipinski definition) is 6. The normalized spacial score (nSPS) is 20.0. The molecule has 2 aliphatic rings. The lowest BCUT2D eigenvalue weighted by Crippen LogP contribution is -2.50. The fourth-order valence-corrected chi connectivity index (χ4v) is 4.22. The number of hydrogen-bond donors (Lipinski definition) is 2. The second-order valence-corrected chi connectivity index (χ2v) is 8.02. The minimum atomic E-state index is -0.521. The summed E-state index contributed by atoms with van der Waals surface area (Å²) in [5.74, 6) is 0.456. The van der Waals surface area contributed by atoms with Crippen LogP contribution in [0.4, 0.5) is 20.4 Å². The second-order valence-electron chi connectivity index (χ2n) is 8.02. The van der Waals surface area contributed by atoms with Crippen molar-refractivity contribution in [3.05, 3.63) is 48.3 Å². The van der Waals surface area contributed by atoms with E-state index < -0.39 is 11.6 Å². The first-order valence-electron chi connectivity index (χ1n) is 11.0. The monoisotopic (exact) mass is 444 g/mol. The molecule has 0 aliphatic carbocycles. The van der Waals surface area contributed by atoms with Crippen LogP contribution >= 0.6 is 0 Å². The molecule has 2 N–H and O–H groups in total. The van der Waals surface area contributed by atoms with Crippen LogP contribution < -0.4 is 20.4 Å². The number of anilines is 2. The van der Waals surface area contributed by atoms with Gasteiger partial charge in [-0.2, -0.15) is 0 Å². The molecule has 4 rings (SSSR count). The zero-order valence-corrected chi connectivity index (χ0v) is 18.3. The van der Waals surface area contributed by atoms with Gasteiger partial charge in [0, 0.05) is 77.8 Å². The van der Waals surface area contributed by atoms with E-state index in [0.717, 1.165) is 51.6 Å². The highest BCUT2D eigenvalue weighted by atomic mass is 19.1. The molecule has 0 saturated carbocycles. The van der Waals surface area contributed by atoms with Crippen LogP contribution in [-0.2, 0) is 0 Å². The van der Waals surface area contributed by atoms with E-state index in [1.54, 1.807) is 24.3 Å². The Labute approximate surface area is 187 Å². The summed E-state index contributed by atoms with van der Waals surface area (Å²) in [6.07, 6.45) is 4.33. The lowest BCUT2D eigenvalue weighted by Gasteiger charge is -2.34. The Hall–Kier alpha value is -3.01. The number of piperazine rings is 1. The van der Waals surface area contributed by atoms with E-state index in [1.165, 1.54) is 18.2 Å². The Morgan fingerprint density at radius 3 is 2.44 bits per heavy atom. The number of aliphatic imine (C=N–C) groups is 1. The second kappa shape index (κ2) is 10.5. The largest absolute Gasteiger partial charge is 0.365 e. The molecule has 1 unspecified atom stereocenters. The number of para-hydroxylation sites is 1. The van der Waals surface area contributed by atoms with Gasteiger partial charge in [0.05, 0.1) is 0 Å². The predicted octanol–water partition coefficient (Wildman–Crippen LogP) is 1.32. The topological polar surface area (TPSA) is 71.9 Å². The van der Waals surface area contributed by atoms with Gasteiger partial charge in [-0.05, 0) is 24.6 Å². The third-order valence-corrected chi connectivity index (χ3v) is 5.93. The van der Waals surface area contributed by atoms with E-state index in [9.17, 15) is 8.78 Å². The number of halogens is 2. The SMILES string of the molecule is CN=C(NCCN1CCN(c2ncccn2)CC1)NC1CCN(c2c(F)cccc2F)C1. The average Bonchev–Trinajstić information content (AvgIpc) is 3.27. The molecule has 32 heavy (non-hydrogen) atoms. The number of rotatable bonds is 6. The first-order chi connectivity index (χ1) is 15.6. The van der Waals surface area contributed by atoms with E-state index in [4.69, 9.17) is 0 Å². The molecule has 1 atom stereocenters. The molecule has 172 valence electrons. The summed E-state index contributed by atoms with van der Waals surface area (Å²) in [4.78, 5) is 19.3. The molecule has 10 heteroatoms. The predicted molar refractivity (Wildman–Crippen MR) is 122 cm³/mol. The summed E-state index contributed by atoms with van der Waals surface area (Å²) < 4.78 is 28.1. The first-order valence-corrected chi connectivity index (χ1v) is 11.0. The lowest BCUT2D eigenvalue weighted by atomic mass is 10.2. The van der Waals surface area contributed by atoms with Gasteiger partial charge in [-0.15, -0.1) is 0 Å². The molecule has 0 amide bonds. The average molecular weight is 445 g/mol. The van der Waals surface area contributed by atoms with E-state index >= 15 is 0 Å². The molecule has 1 aromatic carbocycles. The molecule has 2 fully saturated rings. The minimum Gasteiger partial charge on any atom is -0.365 e. The van der Waals surface area contributed by atoms with Gasteiger partial charge in [0.25, 0.3) is 0 Å². The highest BCUT2D eigenvalue weighted by molar-refractivity contribution is 5.80. The Kier molecular flexibility index (Phi) is 7.31. The van der Waals surface area contributed by atoms with Crippen LogP contribution in [0.3, 0.4) is 0 Å². The molecule has 0 spiro atoms. The van der Waals surface area contributed by atoms with Crippen LogP contribution in [0, 0.1) is 11.6 Å². The van der Waals surface area contributed by atoms with Crippen LogP contribution in [-0.4, -0.2) is 86.3 Å². The number of aromatic nitrogens is 2. The summed E-state index contributed by atoms with van der Waals surface area (Å²) in [7, 11) is 1.73. The zero-order chi connectivity index (χ0) is 22.3. The fourth-order valence-electron chi connectivity index (χ4n) is 4.22. The van der Waals surface area contributed by atoms with Crippen molar-refractivity contribution >= 4 is 17.6 Å². The highest BCUT2D eigenvalue weighted by Gasteiger charge is 2.27. The van der Waals surface area contributed by atoms with Crippen LogP contribution in [0.5, 0.6) is 0 Å². The van der Waals surface area contributed by atoms with Gasteiger partial charge in [0.1, 0.15) is 17.3 Å². The van der Waals surface area contributed by atoms with Gasteiger partial charge in [0.2, 0.25) is 5.95 Å². The molecular formula is C22H30F2N8. The number of nitrogens with one attached hydrogen (secondary N) is 2. The van der Waals surface area contributed by atoms with Crippen molar-refractivity contribution in [1.82, 2.24) is 25.5 Å². The van der Waals surface area contributed by atoms with Crippen molar-refractivity contribution in [2.75, 3.05) is 69.2 Å². The van der Waals surface area contributed by atoms with E-state index in [-0.39, 0.29) is 11.7 Å². The summed E-state index contributed by atoms with van der Waals surface area (Å²) >= 11 is 0. The molecule has 2 aromatic rings. The van der Waals surface area contributed by atoms with Gasteiger partial charge in [-0.1, -0.05) is 6.07 Å². The standard InChI is InChI=1S/C22H30F2N8/c1-25-21(29-17-6-10-32(16-17)20-18(23)4-2-5-19(20)24)26-9-11-30-12-14-31(15-13-30)22-27-7-3-8-28-22/h2-5,7-8,17H,6,9-16H2,1H3,(H2,25,26,29). The van der Waals surface area contributed by atoms with Crippen molar-refractivity contribution in [2.45, 2.75) is 12.5 Å². The van der Waals surface area contributed by atoms with E-state index in [2.05, 4.69) is 35.4 Å². The molecule has 2 aliphatic heterocycles. The van der Waals surface area contributed by atoms with Crippen LogP contribution in [0.25, 0.3) is 0 Å². The Bertz CT molecular complexity index is 882. The van der Waals surface area contributed by atoms with Crippen LogP contribution in [0.1, 0.15) is 6.42 Å². The molecule has 1 aromatic heterocycles. The first kappa shape index (κ1) is 22.2.